The molecule has 0 fully saturated rings. The number of aromatic nitrogens is 2. The Hall–Kier alpha value is -1.07. The van der Waals surface area contributed by atoms with Gasteiger partial charge in [-0.2, -0.15) is 0 Å². The maximum Gasteiger partial charge on any atom is 0.329 e. The number of ether oxygens (including phenoxy) is 1. The lowest BCUT2D eigenvalue weighted by molar-refractivity contribution is 0.129. The van der Waals surface area contributed by atoms with E-state index in [1.807, 2.05) is 20.8 Å². The fraction of sp³-hybridized carbons (Fsp3) is 0.692. The van der Waals surface area contributed by atoms with Gasteiger partial charge in [-0.3, -0.25) is 14.3 Å². The molecule has 1 aromatic heterocycles. The van der Waals surface area contributed by atoms with Crippen LogP contribution in [0.2, 0.25) is 5.15 Å². The standard InChI is InChI=1S/C13H21ClN2O3/c1-4-7-19-8-5-6-16-12(17)10(9(2)3)11(14)15-13(16)18/h9H,4-8H2,1-3H3,(H,15,18). The molecular weight excluding hydrogens is 268 g/mol. The molecule has 0 saturated heterocycles. The topological polar surface area (TPSA) is 64.1 Å². The Labute approximate surface area is 117 Å². The number of hydrogen-bond acceptors (Lipinski definition) is 3. The minimum atomic E-state index is -0.463. The zero-order chi connectivity index (χ0) is 14.4. The molecule has 5 nitrogen and oxygen atoms in total. The Morgan fingerprint density at radius 2 is 2.00 bits per heavy atom. The molecule has 0 spiro atoms. The summed E-state index contributed by atoms with van der Waals surface area (Å²) in [4.78, 5) is 26.4. The van der Waals surface area contributed by atoms with Crippen LogP contribution in [0, 0.1) is 0 Å². The van der Waals surface area contributed by atoms with Crippen molar-refractivity contribution in [1.82, 2.24) is 9.55 Å². The average molecular weight is 289 g/mol. The maximum absolute atomic E-state index is 12.2. The van der Waals surface area contributed by atoms with Crippen molar-refractivity contribution in [2.24, 2.45) is 0 Å². The minimum absolute atomic E-state index is 0.0283. The summed E-state index contributed by atoms with van der Waals surface area (Å²) in [7, 11) is 0. The summed E-state index contributed by atoms with van der Waals surface area (Å²) in [5.41, 5.74) is -0.315. The van der Waals surface area contributed by atoms with Gasteiger partial charge in [0.25, 0.3) is 5.56 Å². The number of rotatable bonds is 7. The van der Waals surface area contributed by atoms with E-state index in [-0.39, 0.29) is 16.6 Å². The van der Waals surface area contributed by atoms with Gasteiger partial charge in [0.05, 0.1) is 5.56 Å². The molecular formula is C13H21ClN2O3. The molecule has 0 saturated carbocycles. The smallest absolute Gasteiger partial charge is 0.329 e. The van der Waals surface area contributed by atoms with Crippen molar-refractivity contribution in [3.63, 3.8) is 0 Å². The van der Waals surface area contributed by atoms with Crippen LogP contribution >= 0.6 is 11.6 Å². The zero-order valence-electron chi connectivity index (χ0n) is 11.7. The predicted octanol–water partition coefficient (Wildman–Crippen LogP) is 2.13. The lowest BCUT2D eigenvalue weighted by Gasteiger charge is -2.11. The van der Waals surface area contributed by atoms with Crippen LogP contribution < -0.4 is 11.2 Å². The van der Waals surface area contributed by atoms with E-state index in [0.29, 0.717) is 31.7 Å². The summed E-state index contributed by atoms with van der Waals surface area (Å²) in [5.74, 6) is -0.0283. The van der Waals surface area contributed by atoms with Gasteiger partial charge in [-0.1, -0.05) is 32.4 Å². The van der Waals surface area contributed by atoms with E-state index >= 15 is 0 Å². The van der Waals surface area contributed by atoms with Crippen molar-refractivity contribution in [1.29, 1.82) is 0 Å². The molecule has 0 aliphatic rings. The van der Waals surface area contributed by atoms with Crippen LogP contribution in [0.1, 0.15) is 45.1 Å². The molecule has 0 aromatic carbocycles. The van der Waals surface area contributed by atoms with Crippen LogP contribution in [0.5, 0.6) is 0 Å². The molecule has 0 amide bonds. The highest BCUT2D eigenvalue weighted by Gasteiger charge is 2.15. The van der Waals surface area contributed by atoms with Gasteiger partial charge in [-0.05, 0) is 18.8 Å². The molecule has 1 rings (SSSR count). The van der Waals surface area contributed by atoms with Gasteiger partial charge in [-0.15, -0.1) is 0 Å². The number of H-pyrrole nitrogens is 1. The quantitative estimate of drug-likeness (QED) is 0.617. The van der Waals surface area contributed by atoms with E-state index in [2.05, 4.69) is 4.98 Å². The molecule has 0 unspecified atom stereocenters. The van der Waals surface area contributed by atoms with Crippen LogP contribution in [0.4, 0.5) is 0 Å². The third kappa shape index (κ3) is 4.21. The second-order valence-electron chi connectivity index (χ2n) is 4.74. The van der Waals surface area contributed by atoms with Crippen molar-refractivity contribution in [3.05, 3.63) is 31.6 Å². The molecule has 1 aromatic rings. The summed E-state index contributed by atoms with van der Waals surface area (Å²) in [6.45, 7) is 7.35. The van der Waals surface area contributed by atoms with E-state index in [9.17, 15) is 9.59 Å². The van der Waals surface area contributed by atoms with Crippen LogP contribution in [0.25, 0.3) is 0 Å². The first-order chi connectivity index (χ1) is 8.99. The highest BCUT2D eigenvalue weighted by molar-refractivity contribution is 6.30. The van der Waals surface area contributed by atoms with E-state index in [0.717, 1.165) is 6.42 Å². The minimum Gasteiger partial charge on any atom is -0.381 e. The Bertz CT molecular complexity index is 520. The predicted molar refractivity (Wildman–Crippen MR) is 76.1 cm³/mol. The largest absolute Gasteiger partial charge is 0.381 e. The highest BCUT2D eigenvalue weighted by Crippen LogP contribution is 2.16. The molecule has 1 heterocycles. The molecule has 19 heavy (non-hydrogen) atoms. The van der Waals surface area contributed by atoms with E-state index in [1.54, 1.807) is 0 Å². The number of nitrogens with one attached hydrogen (secondary N) is 1. The van der Waals surface area contributed by atoms with E-state index in [1.165, 1.54) is 4.57 Å². The lowest BCUT2D eigenvalue weighted by Crippen LogP contribution is -2.38. The normalized spacial score (nSPS) is 11.2. The monoisotopic (exact) mass is 288 g/mol. The number of nitrogens with zero attached hydrogens (tertiary/aromatic N) is 1. The van der Waals surface area contributed by atoms with Gasteiger partial charge in [0.1, 0.15) is 5.15 Å². The Kier molecular flexibility index (Phi) is 6.31. The Morgan fingerprint density at radius 3 is 2.58 bits per heavy atom. The van der Waals surface area contributed by atoms with Gasteiger partial charge in [0.2, 0.25) is 0 Å². The van der Waals surface area contributed by atoms with Crippen molar-refractivity contribution in [2.45, 2.75) is 46.1 Å². The first kappa shape index (κ1) is 16.0. The molecule has 0 aliphatic carbocycles. The van der Waals surface area contributed by atoms with E-state index in [4.69, 9.17) is 16.3 Å². The number of hydrogen-bond donors (Lipinski definition) is 1. The first-order valence-corrected chi connectivity index (χ1v) is 6.97. The molecule has 6 heteroatoms. The van der Waals surface area contributed by atoms with Crippen molar-refractivity contribution in [3.8, 4) is 0 Å². The molecule has 0 bridgehead atoms. The molecule has 0 radical (unpaired) electrons. The third-order valence-corrected chi connectivity index (χ3v) is 3.07. The second kappa shape index (κ2) is 7.50. The van der Waals surface area contributed by atoms with Crippen LogP contribution in [0.3, 0.4) is 0 Å². The van der Waals surface area contributed by atoms with Crippen molar-refractivity contribution < 1.29 is 4.74 Å². The molecule has 108 valence electrons. The van der Waals surface area contributed by atoms with Gasteiger partial charge in [-0.25, -0.2) is 4.79 Å². The second-order valence-corrected chi connectivity index (χ2v) is 5.11. The number of halogens is 1. The lowest BCUT2D eigenvalue weighted by atomic mass is 10.1. The van der Waals surface area contributed by atoms with Crippen LogP contribution in [-0.4, -0.2) is 22.8 Å². The van der Waals surface area contributed by atoms with Crippen molar-refractivity contribution in [2.75, 3.05) is 13.2 Å². The zero-order valence-corrected chi connectivity index (χ0v) is 12.4. The molecule has 0 atom stereocenters. The number of aromatic amines is 1. The summed E-state index contributed by atoms with van der Waals surface area (Å²) >= 11 is 5.91. The summed E-state index contributed by atoms with van der Waals surface area (Å²) in [6, 6.07) is 0. The van der Waals surface area contributed by atoms with Crippen LogP contribution in [-0.2, 0) is 11.3 Å². The molecule has 0 aliphatic heterocycles. The Morgan fingerprint density at radius 1 is 1.32 bits per heavy atom. The fourth-order valence-corrected chi connectivity index (χ4v) is 2.21. The Balaban J connectivity index is 2.87. The van der Waals surface area contributed by atoms with Gasteiger partial charge >= 0.3 is 5.69 Å². The maximum atomic E-state index is 12.2. The average Bonchev–Trinajstić information content (AvgIpc) is 2.31. The van der Waals surface area contributed by atoms with Gasteiger partial charge in [0.15, 0.2) is 0 Å². The molecule has 1 N–H and O–H groups in total. The third-order valence-electron chi connectivity index (χ3n) is 2.77. The van der Waals surface area contributed by atoms with Gasteiger partial charge < -0.3 is 4.74 Å². The summed E-state index contributed by atoms with van der Waals surface area (Å²) in [6.07, 6.45) is 1.58. The summed E-state index contributed by atoms with van der Waals surface area (Å²) in [5, 5.41) is 0.142. The highest BCUT2D eigenvalue weighted by atomic mass is 35.5. The summed E-state index contributed by atoms with van der Waals surface area (Å²) < 4.78 is 6.52. The van der Waals surface area contributed by atoms with Gasteiger partial charge in [0, 0.05) is 19.8 Å². The first-order valence-electron chi connectivity index (χ1n) is 6.59. The van der Waals surface area contributed by atoms with E-state index < -0.39 is 5.69 Å². The fourth-order valence-electron chi connectivity index (χ4n) is 1.83. The SMILES string of the molecule is CCCOCCCn1c(=O)[nH]c(Cl)c(C(C)C)c1=O. The van der Waals surface area contributed by atoms with Crippen molar-refractivity contribution >= 4 is 11.6 Å². The van der Waals surface area contributed by atoms with Crippen LogP contribution in [0.15, 0.2) is 9.59 Å².